The quantitative estimate of drug-likeness (QED) is 0.0649. The second-order valence-corrected chi connectivity index (χ2v) is 17.8. The number of fused-ring (bicyclic) bond motifs is 2. The van der Waals surface area contributed by atoms with Gasteiger partial charge >= 0.3 is 42.6 Å². The Kier molecular flexibility index (Phi) is 14.7. The number of halogens is 6. The molecule has 0 atom stereocenters. The van der Waals surface area contributed by atoms with E-state index in [4.69, 9.17) is 23.7 Å². The van der Waals surface area contributed by atoms with Crippen LogP contribution in [0.15, 0.2) is 73.3 Å². The van der Waals surface area contributed by atoms with Crippen molar-refractivity contribution in [1.29, 1.82) is 0 Å². The van der Waals surface area contributed by atoms with Gasteiger partial charge in [0.1, 0.15) is 33.7 Å². The van der Waals surface area contributed by atoms with Crippen molar-refractivity contribution in [2.24, 2.45) is 0 Å². The fourth-order valence-electron chi connectivity index (χ4n) is 7.19. The molecule has 378 valence electrons. The van der Waals surface area contributed by atoms with Gasteiger partial charge in [-0.3, -0.25) is 5.32 Å². The van der Waals surface area contributed by atoms with Gasteiger partial charge < -0.3 is 23.7 Å². The fraction of sp³-hybridized carbons (Fsp3) is 0.383. The molecule has 0 aliphatic carbocycles. The summed E-state index contributed by atoms with van der Waals surface area (Å²) in [5.74, 6) is -2.95. The molecule has 0 saturated heterocycles. The molecule has 4 heterocycles. The van der Waals surface area contributed by atoms with Crippen molar-refractivity contribution in [2.75, 3.05) is 23.4 Å². The number of carbonyl (C=O) groups is 5. The van der Waals surface area contributed by atoms with Crippen LogP contribution in [-0.2, 0) is 36.0 Å². The molecular formula is C47H48F6N8O10. The zero-order chi connectivity index (χ0) is 52.4. The van der Waals surface area contributed by atoms with Gasteiger partial charge in [-0.2, -0.15) is 41.4 Å². The standard InChI is InChI=1S/C47H48F6N8O10/c1-10-67-38(62)30-22-56-60(34(30)46(48,49)50)32-24-54-36(28-18-14-12-16-26(28)32)58-40(64)69-44(6,7)20-21-45(8,9)71-42(66)59(41(65)70-43(3,4)5)37-29-19-15-13-17-27(29)33(25-55-37)61-35(47(51,52)53)31(23-57-61)39(63)68-11-2/h12-19,22-25H,10-11,20-21H2,1-9H3,(H,54,58,64). The lowest BCUT2D eigenvalue weighted by atomic mass is 9.94. The number of pyridine rings is 2. The van der Waals surface area contributed by atoms with Crippen LogP contribution in [0.5, 0.6) is 0 Å². The van der Waals surface area contributed by atoms with Gasteiger partial charge in [0, 0.05) is 21.5 Å². The van der Waals surface area contributed by atoms with Crippen molar-refractivity contribution in [3.05, 3.63) is 95.8 Å². The smallest absolute Gasteiger partial charge is 0.434 e. The molecule has 6 rings (SSSR count). The molecule has 24 heteroatoms. The van der Waals surface area contributed by atoms with Crippen molar-refractivity contribution in [3.8, 4) is 11.4 Å². The minimum atomic E-state index is -5.10. The van der Waals surface area contributed by atoms with Gasteiger partial charge in [-0.15, -0.1) is 0 Å². The predicted molar refractivity (Wildman–Crippen MR) is 242 cm³/mol. The Morgan fingerprint density at radius 1 is 0.577 bits per heavy atom. The first kappa shape index (κ1) is 52.6. The summed E-state index contributed by atoms with van der Waals surface area (Å²) in [7, 11) is 0. The Balaban J connectivity index is 1.23. The first-order valence-corrected chi connectivity index (χ1v) is 21.7. The molecule has 0 spiro atoms. The molecule has 0 saturated carbocycles. The number of esters is 2. The average Bonchev–Trinajstić information content (AvgIpc) is 3.92. The van der Waals surface area contributed by atoms with Crippen LogP contribution < -0.4 is 10.2 Å². The maximum Gasteiger partial charge on any atom is 0.434 e. The van der Waals surface area contributed by atoms with Gasteiger partial charge in [0.25, 0.3) is 0 Å². The topological polar surface area (TPSA) is 208 Å². The fourth-order valence-corrected chi connectivity index (χ4v) is 7.19. The van der Waals surface area contributed by atoms with Crippen LogP contribution in [-0.4, -0.2) is 89.8 Å². The SMILES string of the molecule is CCOC(=O)c1cnn(-c2cnc(NC(=O)OC(C)(C)CCC(C)(C)OC(=O)N(C(=O)OC(C)(C)C)c3ncc(-n4ncc(C(=O)OCC)c4C(F)(F)F)c4ccccc34)c3ccccc23)c1C(F)(F)F. The van der Waals surface area contributed by atoms with Crippen LogP contribution in [0.25, 0.3) is 32.9 Å². The molecule has 2 aromatic carbocycles. The summed E-state index contributed by atoms with van der Waals surface area (Å²) in [6.45, 7) is 13.2. The molecule has 0 aliphatic heterocycles. The zero-order valence-corrected chi connectivity index (χ0v) is 39.7. The molecule has 1 N–H and O–H groups in total. The van der Waals surface area contributed by atoms with Gasteiger partial charge in [0.15, 0.2) is 17.2 Å². The van der Waals surface area contributed by atoms with E-state index in [1.54, 1.807) is 26.0 Å². The van der Waals surface area contributed by atoms with Crippen molar-refractivity contribution in [3.63, 3.8) is 0 Å². The van der Waals surface area contributed by atoms with Crippen LogP contribution in [0.3, 0.4) is 0 Å². The van der Waals surface area contributed by atoms with E-state index in [0.29, 0.717) is 20.5 Å². The normalized spacial score (nSPS) is 12.4. The highest BCUT2D eigenvalue weighted by atomic mass is 19.4. The Bertz CT molecular complexity index is 3010. The van der Waals surface area contributed by atoms with Gasteiger partial charge in [-0.1, -0.05) is 48.5 Å². The van der Waals surface area contributed by atoms with Crippen LogP contribution in [0.2, 0.25) is 0 Å². The lowest BCUT2D eigenvalue weighted by molar-refractivity contribution is -0.144. The lowest BCUT2D eigenvalue weighted by Gasteiger charge is -2.33. The van der Waals surface area contributed by atoms with E-state index in [-0.39, 0.29) is 70.6 Å². The van der Waals surface area contributed by atoms with Gasteiger partial charge in [-0.05, 0) is 75.2 Å². The van der Waals surface area contributed by atoms with Crippen LogP contribution in [0.4, 0.5) is 52.4 Å². The van der Waals surface area contributed by atoms with Crippen LogP contribution in [0.1, 0.15) is 107 Å². The van der Waals surface area contributed by atoms with E-state index >= 15 is 0 Å². The van der Waals surface area contributed by atoms with Gasteiger partial charge in [0.05, 0.1) is 49.4 Å². The average molecular weight is 999 g/mol. The minimum absolute atomic E-state index is 0.00825. The van der Waals surface area contributed by atoms with E-state index in [9.17, 15) is 50.3 Å². The molecule has 4 aromatic heterocycles. The lowest BCUT2D eigenvalue weighted by Crippen LogP contribution is -2.45. The van der Waals surface area contributed by atoms with Gasteiger partial charge in [0.2, 0.25) is 0 Å². The molecule has 0 fully saturated rings. The van der Waals surface area contributed by atoms with Crippen molar-refractivity contribution in [1.82, 2.24) is 29.5 Å². The molecule has 18 nitrogen and oxygen atoms in total. The van der Waals surface area contributed by atoms with E-state index < -0.39 is 81.9 Å². The Labute approximate surface area is 401 Å². The number of rotatable bonds is 13. The highest BCUT2D eigenvalue weighted by Crippen LogP contribution is 2.39. The number of hydrogen-bond donors (Lipinski definition) is 1. The Hall–Kier alpha value is -7.79. The molecule has 6 aromatic rings. The first-order valence-electron chi connectivity index (χ1n) is 21.7. The van der Waals surface area contributed by atoms with E-state index in [1.807, 2.05) is 0 Å². The second kappa shape index (κ2) is 19.9. The summed E-state index contributed by atoms with van der Waals surface area (Å²) < 4.78 is 115. The third kappa shape index (κ3) is 11.8. The maximum atomic E-state index is 14.5. The second-order valence-electron chi connectivity index (χ2n) is 17.8. The zero-order valence-electron chi connectivity index (χ0n) is 39.7. The van der Waals surface area contributed by atoms with E-state index in [2.05, 4.69) is 25.5 Å². The van der Waals surface area contributed by atoms with Gasteiger partial charge in [-0.25, -0.2) is 43.3 Å². The highest BCUT2D eigenvalue weighted by Gasteiger charge is 2.44. The van der Waals surface area contributed by atoms with Crippen LogP contribution in [0, 0.1) is 0 Å². The first-order chi connectivity index (χ1) is 33.1. The Morgan fingerprint density at radius 2 is 1.00 bits per heavy atom. The number of alkyl halides is 6. The van der Waals surface area contributed by atoms with Crippen molar-refractivity contribution < 1.29 is 74.0 Å². The number of ether oxygens (including phenoxy) is 5. The molecule has 3 amide bonds. The van der Waals surface area contributed by atoms with Crippen molar-refractivity contribution >= 4 is 63.4 Å². The number of imide groups is 1. The number of nitrogens with zero attached hydrogens (tertiary/aromatic N) is 7. The number of hydrogen-bond acceptors (Lipinski definition) is 14. The predicted octanol–water partition coefficient (Wildman–Crippen LogP) is 11.0. The Morgan fingerprint density at radius 3 is 1.46 bits per heavy atom. The molecule has 0 unspecified atom stereocenters. The third-order valence-corrected chi connectivity index (χ3v) is 10.3. The maximum absolute atomic E-state index is 14.5. The van der Waals surface area contributed by atoms with Crippen LogP contribution >= 0.6 is 0 Å². The number of anilines is 2. The number of amides is 3. The number of benzene rings is 2. The third-order valence-electron chi connectivity index (χ3n) is 10.3. The number of aromatic nitrogens is 6. The summed E-state index contributed by atoms with van der Waals surface area (Å²) in [4.78, 5) is 75.4. The minimum Gasteiger partial charge on any atom is -0.462 e. The molecule has 0 aliphatic rings. The monoisotopic (exact) mass is 998 g/mol. The summed E-state index contributed by atoms with van der Waals surface area (Å²) in [5.41, 5.74) is -8.81. The van der Waals surface area contributed by atoms with Crippen molar-refractivity contribution in [2.45, 2.75) is 104 Å². The summed E-state index contributed by atoms with van der Waals surface area (Å²) >= 11 is 0. The summed E-state index contributed by atoms with van der Waals surface area (Å²) in [6, 6.07) is 11.8. The molecule has 71 heavy (non-hydrogen) atoms. The highest BCUT2D eigenvalue weighted by molar-refractivity contribution is 6.14. The van der Waals surface area contributed by atoms with E-state index in [0.717, 1.165) is 18.6 Å². The molecular weight excluding hydrogens is 951 g/mol. The van der Waals surface area contributed by atoms with E-state index in [1.165, 1.54) is 84.9 Å². The number of carbonyl (C=O) groups excluding carboxylic acids is 5. The largest absolute Gasteiger partial charge is 0.462 e. The molecule has 0 radical (unpaired) electrons. The molecule has 0 bridgehead atoms. The summed E-state index contributed by atoms with van der Waals surface area (Å²) in [6.07, 6.45) is -10.2. The number of nitrogens with one attached hydrogen (secondary N) is 1. The summed E-state index contributed by atoms with van der Waals surface area (Å²) in [5, 5.41) is 10.6.